The minimum absolute atomic E-state index is 0.715. The maximum Gasteiger partial charge on any atom is 0.0653 e. The molecule has 0 saturated heterocycles. The van der Waals surface area contributed by atoms with E-state index < -0.39 is 0 Å². The molecule has 1 rings (SSSR count). The lowest BCUT2D eigenvalue weighted by molar-refractivity contribution is 0.653. The van der Waals surface area contributed by atoms with E-state index >= 15 is 0 Å². The van der Waals surface area contributed by atoms with Crippen LogP contribution in [-0.2, 0) is 6.42 Å². The molecule has 0 unspecified atom stereocenters. The standard InChI is InChI=1S/C6H10N2S/c1-5(2)3-6-4-7-8-9-6/h4-5H,3H2,1-2H3. The summed E-state index contributed by atoms with van der Waals surface area (Å²) in [5.74, 6) is 0.715. The van der Waals surface area contributed by atoms with E-state index in [1.807, 2.05) is 6.20 Å². The van der Waals surface area contributed by atoms with Gasteiger partial charge in [-0.2, -0.15) is 0 Å². The average Bonchev–Trinajstić information content (AvgIpc) is 2.15. The van der Waals surface area contributed by atoms with Crippen molar-refractivity contribution in [3.05, 3.63) is 11.1 Å². The Morgan fingerprint density at radius 1 is 1.67 bits per heavy atom. The van der Waals surface area contributed by atoms with Crippen molar-refractivity contribution in [3.8, 4) is 0 Å². The predicted octanol–water partition coefficient (Wildman–Crippen LogP) is 1.74. The SMILES string of the molecule is CC(C)Cc1cnns1. The van der Waals surface area contributed by atoms with Crippen molar-refractivity contribution >= 4 is 11.5 Å². The molecule has 2 nitrogen and oxygen atoms in total. The number of aromatic nitrogens is 2. The Bertz CT molecular complexity index is 158. The van der Waals surface area contributed by atoms with Crippen LogP contribution in [0, 0.1) is 5.92 Å². The van der Waals surface area contributed by atoms with Gasteiger partial charge in [0.1, 0.15) is 0 Å². The molecule has 0 atom stereocenters. The van der Waals surface area contributed by atoms with Gasteiger partial charge in [0.05, 0.1) is 6.20 Å². The van der Waals surface area contributed by atoms with Gasteiger partial charge in [-0.15, -0.1) is 5.10 Å². The molecular weight excluding hydrogens is 132 g/mol. The van der Waals surface area contributed by atoms with Gasteiger partial charge >= 0.3 is 0 Å². The molecular formula is C6H10N2S. The first-order chi connectivity index (χ1) is 4.29. The summed E-state index contributed by atoms with van der Waals surface area (Å²) in [5.41, 5.74) is 0. The lowest BCUT2D eigenvalue weighted by Gasteiger charge is -1.96. The molecule has 0 N–H and O–H groups in total. The van der Waals surface area contributed by atoms with Crippen molar-refractivity contribution in [2.75, 3.05) is 0 Å². The third-order valence-corrected chi connectivity index (χ3v) is 1.70. The Labute approximate surface area is 59.1 Å². The monoisotopic (exact) mass is 142 g/mol. The minimum Gasteiger partial charge on any atom is -0.146 e. The Morgan fingerprint density at radius 2 is 2.44 bits per heavy atom. The van der Waals surface area contributed by atoms with E-state index in [9.17, 15) is 0 Å². The Morgan fingerprint density at radius 3 is 2.89 bits per heavy atom. The van der Waals surface area contributed by atoms with Gasteiger partial charge in [0.2, 0.25) is 0 Å². The molecule has 1 heterocycles. The summed E-state index contributed by atoms with van der Waals surface area (Å²) in [6.45, 7) is 4.39. The van der Waals surface area contributed by atoms with Crippen molar-refractivity contribution < 1.29 is 0 Å². The molecule has 50 valence electrons. The lowest BCUT2D eigenvalue weighted by Crippen LogP contribution is -1.89. The van der Waals surface area contributed by atoms with Gasteiger partial charge in [-0.05, 0) is 23.9 Å². The zero-order valence-corrected chi connectivity index (χ0v) is 6.48. The van der Waals surface area contributed by atoms with E-state index in [1.54, 1.807) is 0 Å². The van der Waals surface area contributed by atoms with Crippen molar-refractivity contribution in [2.45, 2.75) is 20.3 Å². The second kappa shape index (κ2) is 2.92. The Balaban J connectivity index is 2.48. The second-order valence-corrected chi connectivity index (χ2v) is 3.35. The fourth-order valence-electron chi connectivity index (χ4n) is 0.680. The van der Waals surface area contributed by atoms with E-state index in [4.69, 9.17) is 0 Å². The molecule has 0 saturated carbocycles. The van der Waals surface area contributed by atoms with Crippen LogP contribution >= 0.6 is 11.5 Å². The molecule has 0 aliphatic rings. The van der Waals surface area contributed by atoms with Crippen LogP contribution in [0.25, 0.3) is 0 Å². The highest BCUT2D eigenvalue weighted by Crippen LogP contribution is 2.08. The summed E-state index contributed by atoms with van der Waals surface area (Å²) in [6, 6.07) is 0. The first kappa shape index (κ1) is 6.68. The number of nitrogens with zero attached hydrogens (tertiary/aromatic N) is 2. The molecule has 0 radical (unpaired) electrons. The van der Waals surface area contributed by atoms with Crippen LogP contribution in [0.2, 0.25) is 0 Å². The summed E-state index contributed by atoms with van der Waals surface area (Å²) in [6.07, 6.45) is 2.95. The average molecular weight is 142 g/mol. The molecule has 3 heteroatoms. The molecule has 9 heavy (non-hydrogen) atoms. The third-order valence-electron chi connectivity index (χ3n) is 1.02. The minimum atomic E-state index is 0.715. The van der Waals surface area contributed by atoms with Crippen LogP contribution < -0.4 is 0 Å². The van der Waals surface area contributed by atoms with Crippen LogP contribution in [0.4, 0.5) is 0 Å². The Hall–Kier alpha value is -0.440. The summed E-state index contributed by atoms with van der Waals surface area (Å²) >= 11 is 1.49. The second-order valence-electron chi connectivity index (χ2n) is 2.48. The highest BCUT2D eigenvalue weighted by Gasteiger charge is 1.98. The third kappa shape index (κ3) is 2.10. The number of hydrogen-bond donors (Lipinski definition) is 0. The van der Waals surface area contributed by atoms with Crippen molar-refractivity contribution in [2.24, 2.45) is 5.92 Å². The smallest absolute Gasteiger partial charge is 0.0653 e. The van der Waals surface area contributed by atoms with Crippen LogP contribution in [-0.4, -0.2) is 9.59 Å². The van der Waals surface area contributed by atoms with Gasteiger partial charge < -0.3 is 0 Å². The summed E-state index contributed by atoms with van der Waals surface area (Å²) in [4.78, 5) is 1.28. The largest absolute Gasteiger partial charge is 0.146 e. The summed E-state index contributed by atoms with van der Waals surface area (Å²) in [7, 11) is 0. The van der Waals surface area contributed by atoms with Gasteiger partial charge in [-0.3, -0.25) is 0 Å². The maximum atomic E-state index is 3.77. The first-order valence-electron chi connectivity index (χ1n) is 3.05. The van der Waals surface area contributed by atoms with Crippen LogP contribution in [0.15, 0.2) is 6.20 Å². The highest BCUT2D eigenvalue weighted by atomic mass is 32.1. The van der Waals surface area contributed by atoms with Crippen molar-refractivity contribution in [3.63, 3.8) is 0 Å². The Kier molecular flexibility index (Phi) is 2.16. The van der Waals surface area contributed by atoms with E-state index in [-0.39, 0.29) is 0 Å². The van der Waals surface area contributed by atoms with E-state index in [0.29, 0.717) is 5.92 Å². The summed E-state index contributed by atoms with van der Waals surface area (Å²) in [5, 5.41) is 3.74. The fraction of sp³-hybridized carbons (Fsp3) is 0.667. The molecule has 0 aliphatic heterocycles. The van der Waals surface area contributed by atoms with Gasteiger partial charge in [0.25, 0.3) is 0 Å². The molecule has 0 amide bonds. The molecule has 0 aliphatic carbocycles. The van der Waals surface area contributed by atoms with Crippen LogP contribution in [0.1, 0.15) is 18.7 Å². The van der Waals surface area contributed by atoms with Crippen molar-refractivity contribution in [1.82, 2.24) is 9.59 Å². The predicted molar refractivity (Wildman–Crippen MR) is 38.5 cm³/mol. The molecule has 0 fully saturated rings. The van der Waals surface area contributed by atoms with E-state index in [0.717, 1.165) is 6.42 Å². The van der Waals surface area contributed by atoms with Crippen molar-refractivity contribution in [1.29, 1.82) is 0 Å². The lowest BCUT2D eigenvalue weighted by atomic mass is 10.1. The van der Waals surface area contributed by atoms with Crippen LogP contribution in [0.3, 0.4) is 0 Å². The van der Waals surface area contributed by atoms with Gasteiger partial charge in [0.15, 0.2) is 0 Å². The summed E-state index contributed by atoms with van der Waals surface area (Å²) < 4.78 is 3.77. The van der Waals surface area contributed by atoms with E-state index in [1.165, 1.54) is 16.4 Å². The topological polar surface area (TPSA) is 25.8 Å². The molecule has 0 bridgehead atoms. The quantitative estimate of drug-likeness (QED) is 0.628. The molecule has 0 aromatic carbocycles. The zero-order chi connectivity index (χ0) is 6.69. The normalized spacial score (nSPS) is 10.6. The molecule has 1 aromatic heterocycles. The number of hydrogen-bond acceptors (Lipinski definition) is 3. The first-order valence-corrected chi connectivity index (χ1v) is 3.82. The molecule has 1 aromatic rings. The van der Waals surface area contributed by atoms with Gasteiger partial charge in [-0.1, -0.05) is 18.3 Å². The maximum absolute atomic E-state index is 3.77. The van der Waals surface area contributed by atoms with Gasteiger partial charge in [0, 0.05) is 4.88 Å². The number of rotatable bonds is 2. The van der Waals surface area contributed by atoms with Crippen LogP contribution in [0.5, 0.6) is 0 Å². The highest BCUT2D eigenvalue weighted by molar-refractivity contribution is 7.05. The fourth-order valence-corrected chi connectivity index (χ4v) is 1.38. The van der Waals surface area contributed by atoms with E-state index in [2.05, 4.69) is 23.4 Å². The zero-order valence-electron chi connectivity index (χ0n) is 5.66. The molecule has 0 spiro atoms. The van der Waals surface area contributed by atoms with Gasteiger partial charge in [-0.25, -0.2) is 0 Å².